The molecular weight excluding hydrogens is 284 g/mol. The van der Waals surface area contributed by atoms with Crippen molar-refractivity contribution in [3.63, 3.8) is 0 Å². The summed E-state index contributed by atoms with van der Waals surface area (Å²) >= 11 is 0. The molecular formula is C20H18N2O. The number of likely N-dealkylation sites (N-methyl/N-ethyl adjacent to an activating group) is 1. The first-order valence-corrected chi connectivity index (χ1v) is 7.87. The molecule has 1 aliphatic rings. The maximum Gasteiger partial charge on any atom is 0.258 e. The Morgan fingerprint density at radius 2 is 1.78 bits per heavy atom. The minimum absolute atomic E-state index is 0.0551. The van der Waals surface area contributed by atoms with Crippen molar-refractivity contribution < 1.29 is 4.79 Å². The second kappa shape index (κ2) is 5.13. The highest BCUT2D eigenvalue weighted by Gasteiger charge is 2.29. The zero-order valence-electron chi connectivity index (χ0n) is 13.3. The fourth-order valence-corrected chi connectivity index (χ4v) is 3.35. The van der Waals surface area contributed by atoms with Gasteiger partial charge in [0, 0.05) is 47.4 Å². The number of nitrogens with zero attached hydrogens (tertiary/aromatic N) is 2. The van der Waals surface area contributed by atoms with E-state index >= 15 is 0 Å². The summed E-state index contributed by atoms with van der Waals surface area (Å²) in [5, 5.41) is 1.18. The molecule has 0 spiro atoms. The van der Waals surface area contributed by atoms with E-state index in [1.54, 1.807) is 4.90 Å². The lowest BCUT2D eigenvalue weighted by Crippen LogP contribution is -2.20. The van der Waals surface area contributed by atoms with E-state index in [0.29, 0.717) is 0 Å². The summed E-state index contributed by atoms with van der Waals surface area (Å²) in [6, 6.07) is 16.3. The van der Waals surface area contributed by atoms with Crippen LogP contribution in [-0.2, 0) is 11.3 Å². The van der Waals surface area contributed by atoms with Crippen LogP contribution in [0, 0.1) is 0 Å². The Labute approximate surface area is 135 Å². The number of fused-ring (bicyclic) bond motifs is 2. The van der Waals surface area contributed by atoms with Gasteiger partial charge in [-0.1, -0.05) is 36.4 Å². The third-order valence-electron chi connectivity index (χ3n) is 4.55. The number of hydrogen-bond acceptors (Lipinski definition) is 1. The Hall–Kier alpha value is -2.81. The van der Waals surface area contributed by atoms with E-state index in [9.17, 15) is 4.79 Å². The molecule has 4 rings (SSSR count). The van der Waals surface area contributed by atoms with E-state index < -0.39 is 0 Å². The number of carbonyl (C=O) groups excluding carboxylic acids is 1. The number of aromatic nitrogens is 1. The van der Waals surface area contributed by atoms with Crippen LogP contribution in [0.15, 0.2) is 54.7 Å². The largest absolute Gasteiger partial charge is 0.347 e. The second-order valence-corrected chi connectivity index (χ2v) is 5.83. The van der Waals surface area contributed by atoms with Gasteiger partial charge in [-0.15, -0.1) is 0 Å². The van der Waals surface area contributed by atoms with Crippen molar-refractivity contribution in [1.29, 1.82) is 0 Å². The molecule has 2 heterocycles. The van der Waals surface area contributed by atoms with Crippen LogP contribution in [0.3, 0.4) is 0 Å². The molecule has 0 saturated heterocycles. The van der Waals surface area contributed by atoms with E-state index in [-0.39, 0.29) is 5.91 Å². The molecule has 114 valence electrons. The predicted molar refractivity (Wildman–Crippen MR) is 95.3 cm³/mol. The van der Waals surface area contributed by atoms with Crippen molar-refractivity contribution in [2.45, 2.75) is 13.5 Å². The number of benzene rings is 2. The van der Waals surface area contributed by atoms with Gasteiger partial charge < -0.3 is 9.47 Å². The summed E-state index contributed by atoms with van der Waals surface area (Å²) in [5.41, 5.74) is 5.04. The first kappa shape index (κ1) is 13.8. The number of aryl methyl sites for hydroxylation is 1. The summed E-state index contributed by atoms with van der Waals surface area (Å²) in [5.74, 6) is 0.0551. The highest BCUT2D eigenvalue weighted by molar-refractivity contribution is 6.36. The van der Waals surface area contributed by atoms with E-state index in [2.05, 4.69) is 35.9 Å². The van der Waals surface area contributed by atoms with Crippen LogP contribution in [0.1, 0.15) is 18.1 Å². The van der Waals surface area contributed by atoms with Crippen LogP contribution in [0.4, 0.5) is 5.69 Å². The molecule has 0 unspecified atom stereocenters. The minimum Gasteiger partial charge on any atom is -0.347 e. The number of carbonyl (C=O) groups is 1. The summed E-state index contributed by atoms with van der Waals surface area (Å²) in [7, 11) is 1.83. The maximum atomic E-state index is 12.6. The van der Waals surface area contributed by atoms with Gasteiger partial charge >= 0.3 is 0 Å². The van der Waals surface area contributed by atoms with E-state index in [4.69, 9.17) is 0 Å². The van der Waals surface area contributed by atoms with E-state index in [1.165, 1.54) is 10.9 Å². The molecule has 2 aromatic carbocycles. The minimum atomic E-state index is 0.0551. The number of para-hydroxylation sites is 2. The predicted octanol–water partition coefficient (Wildman–Crippen LogP) is 4.18. The Bertz CT molecular complexity index is 949. The Balaban J connectivity index is 1.94. The average molecular weight is 302 g/mol. The van der Waals surface area contributed by atoms with Crippen molar-refractivity contribution in [3.05, 3.63) is 65.9 Å². The standard InChI is InChI=1S/C20H18N2O/c1-3-22-13-14(15-8-4-7-11-19(15)22)12-17-16-9-5-6-10-18(16)21(2)20(17)23/h4-13H,3H2,1-2H3/b17-12+. The summed E-state index contributed by atoms with van der Waals surface area (Å²) in [6.07, 6.45) is 4.16. The number of amides is 1. The lowest BCUT2D eigenvalue weighted by Gasteiger charge is -2.07. The van der Waals surface area contributed by atoms with Crippen molar-refractivity contribution in [2.75, 3.05) is 11.9 Å². The SMILES string of the molecule is CCn1cc(/C=C2/C(=O)N(C)c3ccccc32)c2ccccc21. The van der Waals surface area contributed by atoms with Gasteiger partial charge in [0.15, 0.2) is 0 Å². The fraction of sp³-hybridized carbons (Fsp3) is 0.150. The van der Waals surface area contributed by atoms with Crippen molar-refractivity contribution >= 4 is 34.1 Å². The first-order valence-electron chi connectivity index (χ1n) is 7.87. The van der Waals surface area contributed by atoms with Gasteiger partial charge in [-0.05, 0) is 25.1 Å². The zero-order valence-corrected chi connectivity index (χ0v) is 13.3. The van der Waals surface area contributed by atoms with Crippen LogP contribution in [0.5, 0.6) is 0 Å². The zero-order chi connectivity index (χ0) is 16.0. The van der Waals surface area contributed by atoms with E-state index in [0.717, 1.165) is 28.9 Å². The molecule has 1 amide bonds. The average Bonchev–Trinajstić information content (AvgIpc) is 3.07. The second-order valence-electron chi connectivity index (χ2n) is 5.83. The maximum absolute atomic E-state index is 12.6. The molecule has 1 aromatic heterocycles. The molecule has 3 nitrogen and oxygen atoms in total. The first-order chi connectivity index (χ1) is 11.2. The molecule has 1 aliphatic heterocycles. The van der Waals surface area contributed by atoms with Gasteiger partial charge in [-0.3, -0.25) is 4.79 Å². The van der Waals surface area contributed by atoms with Crippen LogP contribution >= 0.6 is 0 Å². The van der Waals surface area contributed by atoms with Crippen LogP contribution in [0.25, 0.3) is 22.6 Å². The molecule has 23 heavy (non-hydrogen) atoms. The summed E-state index contributed by atoms with van der Waals surface area (Å²) in [4.78, 5) is 14.4. The summed E-state index contributed by atoms with van der Waals surface area (Å²) < 4.78 is 2.22. The van der Waals surface area contributed by atoms with Gasteiger partial charge in [0.25, 0.3) is 5.91 Å². The van der Waals surface area contributed by atoms with Crippen molar-refractivity contribution in [3.8, 4) is 0 Å². The third-order valence-corrected chi connectivity index (χ3v) is 4.55. The van der Waals surface area contributed by atoms with Crippen LogP contribution in [0.2, 0.25) is 0 Å². The van der Waals surface area contributed by atoms with Gasteiger partial charge in [0.1, 0.15) is 0 Å². The number of rotatable bonds is 2. The summed E-state index contributed by atoms with van der Waals surface area (Å²) in [6.45, 7) is 3.04. The quantitative estimate of drug-likeness (QED) is 0.652. The van der Waals surface area contributed by atoms with Crippen molar-refractivity contribution in [1.82, 2.24) is 4.57 Å². The van der Waals surface area contributed by atoms with Crippen molar-refractivity contribution in [2.24, 2.45) is 0 Å². The fourth-order valence-electron chi connectivity index (χ4n) is 3.35. The Morgan fingerprint density at radius 1 is 1.04 bits per heavy atom. The van der Waals surface area contributed by atoms with E-state index in [1.807, 2.05) is 43.5 Å². The Morgan fingerprint density at radius 3 is 2.61 bits per heavy atom. The molecule has 0 fully saturated rings. The van der Waals surface area contributed by atoms with Gasteiger partial charge in [0.2, 0.25) is 0 Å². The molecule has 0 bridgehead atoms. The van der Waals surface area contributed by atoms with Gasteiger partial charge in [0.05, 0.1) is 5.69 Å². The monoisotopic (exact) mass is 302 g/mol. The normalized spacial score (nSPS) is 15.7. The molecule has 3 aromatic rings. The van der Waals surface area contributed by atoms with Crippen LogP contribution < -0.4 is 4.90 Å². The number of hydrogen-bond donors (Lipinski definition) is 0. The molecule has 3 heteroatoms. The topological polar surface area (TPSA) is 25.2 Å². The Kier molecular flexibility index (Phi) is 3.08. The molecule has 0 N–H and O–H groups in total. The van der Waals surface area contributed by atoms with Crippen LogP contribution in [-0.4, -0.2) is 17.5 Å². The lowest BCUT2D eigenvalue weighted by molar-refractivity contribution is -0.112. The third kappa shape index (κ3) is 2.00. The molecule has 0 atom stereocenters. The molecule has 0 saturated carbocycles. The highest BCUT2D eigenvalue weighted by Crippen LogP contribution is 2.37. The highest BCUT2D eigenvalue weighted by atomic mass is 16.2. The molecule has 0 radical (unpaired) electrons. The van der Waals surface area contributed by atoms with Gasteiger partial charge in [-0.25, -0.2) is 0 Å². The number of anilines is 1. The smallest absolute Gasteiger partial charge is 0.258 e. The lowest BCUT2D eigenvalue weighted by atomic mass is 10.0. The molecule has 0 aliphatic carbocycles. The van der Waals surface area contributed by atoms with Gasteiger partial charge in [-0.2, -0.15) is 0 Å².